The lowest BCUT2D eigenvalue weighted by molar-refractivity contribution is 0.844. The Hall–Kier alpha value is -1.82. The molecule has 0 aliphatic carbocycles. The second-order valence-electron chi connectivity index (χ2n) is 4.90. The maximum Gasteiger partial charge on any atom is 0.0819 e. The van der Waals surface area contributed by atoms with Crippen LogP contribution in [0.15, 0.2) is 60.8 Å². The molecule has 106 valence electrons. The Morgan fingerprint density at radius 2 is 1.90 bits per heavy atom. The lowest BCUT2D eigenvalue weighted by atomic mass is 10.2. The van der Waals surface area contributed by atoms with Crippen molar-refractivity contribution in [1.29, 1.82) is 0 Å². The summed E-state index contributed by atoms with van der Waals surface area (Å²) in [6, 6.07) is 18.6. The molecule has 0 saturated heterocycles. The van der Waals surface area contributed by atoms with Gasteiger partial charge in [0.05, 0.1) is 17.9 Å². The van der Waals surface area contributed by atoms with Crippen LogP contribution in [0.1, 0.15) is 11.3 Å². The van der Waals surface area contributed by atoms with Gasteiger partial charge in [-0.25, -0.2) is 4.68 Å². The smallest absolute Gasteiger partial charge is 0.0819 e. The minimum Gasteiger partial charge on any atom is -0.379 e. The van der Waals surface area contributed by atoms with Gasteiger partial charge in [0.2, 0.25) is 0 Å². The summed E-state index contributed by atoms with van der Waals surface area (Å²) in [6.07, 6.45) is 1.99. The Morgan fingerprint density at radius 1 is 1.10 bits per heavy atom. The van der Waals surface area contributed by atoms with Crippen molar-refractivity contribution < 1.29 is 0 Å². The molecule has 0 amide bonds. The molecule has 0 spiro atoms. The van der Waals surface area contributed by atoms with Crippen LogP contribution in [0.4, 0.5) is 5.69 Å². The van der Waals surface area contributed by atoms with Crippen LogP contribution in [0.3, 0.4) is 0 Å². The van der Waals surface area contributed by atoms with Crippen LogP contribution in [-0.4, -0.2) is 9.78 Å². The molecule has 0 unspecified atom stereocenters. The number of nitrogens with zero attached hydrogens (tertiary/aromatic N) is 2. The molecule has 1 aromatic heterocycles. The molecule has 0 saturated carbocycles. The first-order valence-corrected chi connectivity index (χ1v) is 7.90. The van der Waals surface area contributed by atoms with Crippen molar-refractivity contribution in [2.24, 2.45) is 0 Å². The number of hydrogen-bond donors (Lipinski definition) is 1. The van der Waals surface area contributed by atoms with E-state index >= 15 is 0 Å². The maximum absolute atomic E-state index is 4.60. The SMILES string of the molecule is Cc1cc(I)ccc1NCc1ccn(-c2ccccc2)n1. The van der Waals surface area contributed by atoms with E-state index in [4.69, 9.17) is 0 Å². The van der Waals surface area contributed by atoms with Gasteiger partial charge in [0, 0.05) is 15.5 Å². The predicted molar refractivity (Wildman–Crippen MR) is 94.8 cm³/mol. The Morgan fingerprint density at radius 3 is 2.67 bits per heavy atom. The third-order valence-corrected chi connectivity index (χ3v) is 3.98. The van der Waals surface area contributed by atoms with Crippen molar-refractivity contribution in [3.05, 3.63) is 75.6 Å². The largest absolute Gasteiger partial charge is 0.379 e. The highest BCUT2D eigenvalue weighted by Crippen LogP contribution is 2.18. The van der Waals surface area contributed by atoms with Gasteiger partial charge >= 0.3 is 0 Å². The van der Waals surface area contributed by atoms with Gasteiger partial charge in [-0.05, 0) is 71.5 Å². The number of rotatable bonds is 4. The van der Waals surface area contributed by atoms with Gasteiger partial charge in [-0.15, -0.1) is 0 Å². The molecule has 0 aliphatic rings. The van der Waals surface area contributed by atoms with E-state index in [1.165, 1.54) is 9.13 Å². The summed E-state index contributed by atoms with van der Waals surface area (Å²) in [4.78, 5) is 0. The highest BCUT2D eigenvalue weighted by atomic mass is 127. The number of hydrogen-bond acceptors (Lipinski definition) is 2. The van der Waals surface area contributed by atoms with Gasteiger partial charge in [-0.3, -0.25) is 0 Å². The molecule has 0 aliphatic heterocycles. The summed E-state index contributed by atoms with van der Waals surface area (Å²) < 4.78 is 3.15. The second-order valence-corrected chi connectivity index (χ2v) is 6.15. The normalized spacial score (nSPS) is 10.6. The minimum atomic E-state index is 0.723. The molecular formula is C17H16IN3. The van der Waals surface area contributed by atoms with E-state index in [0.717, 1.165) is 23.6 Å². The van der Waals surface area contributed by atoms with E-state index in [1.807, 2.05) is 47.3 Å². The molecule has 0 radical (unpaired) electrons. The molecular weight excluding hydrogens is 373 g/mol. The number of aryl methyl sites for hydroxylation is 1. The van der Waals surface area contributed by atoms with Crippen LogP contribution in [0.25, 0.3) is 5.69 Å². The molecule has 4 heteroatoms. The van der Waals surface area contributed by atoms with Crippen molar-refractivity contribution in [2.75, 3.05) is 5.32 Å². The Balaban J connectivity index is 1.70. The first-order chi connectivity index (χ1) is 10.2. The summed E-state index contributed by atoms with van der Waals surface area (Å²) >= 11 is 2.33. The Labute approximate surface area is 138 Å². The van der Waals surface area contributed by atoms with Crippen LogP contribution >= 0.6 is 22.6 Å². The number of aromatic nitrogens is 2. The first kappa shape index (κ1) is 14.1. The molecule has 0 bridgehead atoms. The molecule has 2 aromatic carbocycles. The van der Waals surface area contributed by atoms with E-state index in [-0.39, 0.29) is 0 Å². The zero-order valence-corrected chi connectivity index (χ0v) is 13.9. The van der Waals surface area contributed by atoms with Crippen LogP contribution in [0.2, 0.25) is 0 Å². The van der Waals surface area contributed by atoms with Gasteiger partial charge in [0.15, 0.2) is 0 Å². The molecule has 21 heavy (non-hydrogen) atoms. The molecule has 0 atom stereocenters. The first-order valence-electron chi connectivity index (χ1n) is 6.82. The Bertz CT molecular complexity index is 735. The molecule has 3 rings (SSSR count). The van der Waals surface area contributed by atoms with E-state index < -0.39 is 0 Å². The van der Waals surface area contributed by atoms with Crippen molar-refractivity contribution in [3.8, 4) is 5.69 Å². The van der Waals surface area contributed by atoms with Crippen LogP contribution in [-0.2, 0) is 6.54 Å². The topological polar surface area (TPSA) is 29.9 Å². The summed E-state index contributed by atoms with van der Waals surface area (Å²) in [5.74, 6) is 0. The maximum atomic E-state index is 4.60. The van der Waals surface area contributed by atoms with E-state index in [1.54, 1.807) is 0 Å². The summed E-state index contributed by atoms with van der Waals surface area (Å²) in [5, 5.41) is 8.04. The zero-order chi connectivity index (χ0) is 14.7. The minimum absolute atomic E-state index is 0.723. The average Bonchev–Trinajstić information content (AvgIpc) is 2.96. The lowest BCUT2D eigenvalue weighted by Crippen LogP contribution is -2.03. The number of benzene rings is 2. The standard InChI is InChI=1S/C17H16IN3/c1-13-11-14(18)7-8-17(13)19-12-15-9-10-21(20-15)16-5-3-2-4-6-16/h2-11,19H,12H2,1H3. The van der Waals surface area contributed by atoms with Gasteiger partial charge in [0.1, 0.15) is 0 Å². The summed E-state index contributed by atoms with van der Waals surface area (Å²) in [5.41, 5.74) is 4.51. The molecule has 0 fully saturated rings. The fourth-order valence-electron chi connectivity index (χ4n) is 2.19. The molecule has 3 nitrogen and oxygen atoms in total. The lowest BCUT2D eigenvalue weighted by Gasteiger charge is -2.08. The number of nitrogens with one attached hydrogen (secondary N) is 1. The predicted octanol–water partition coefficient (Wildman–Crippen LogP) is 4.40. The third kappa shape index (κ3) is 3.44. The third-order valence-electron chi connectivity index (χ3n) is 3.31. The zero-order valence-electron chi connectivity index (χ0n) is 11.8. The molecule has 3 aromatic rings. The van der Waals surface area contributed by atoms with Crippen molar-refractivity contribution in [2.45, 2.75) is 13.5 Å². The van der Waals surface area contributed by atoms with Crippen molar-refractivity contribution in [3.63, 3.8) is 0 Å². The summed E-state index contributed by atoms with van der Waals surface area (Å²) in [7, 11) is 0. The number of halogens is 1. The number of anilines is 1. The van der Waals surface area contributed by atoms with Crippen molar-refractivity contribution >= 4 is 28.3 Å². The molecule has 1 heterocycles. The van der Waals surface area contributed by atoms with Crippen LogP contribution in [0, 0.1) is 10.5 Å². The highest BCUT2D eigenvalue weighted by molar-refractivity contribution is 14.1. The van der Waals surface area contributed by atoms with Gasteiger partial charge in [0.25, 0.3) is 0 Å². The van der Waals surface area contributed by atoms with Crippen LogP contribution < -0.4 is 5.32 Å². The summed E-state index contributed by atoms with van der Waals surface area (Å²) in [6.45, 7) is 2.84. The van der Waals surface area contributed by atoms with E-state index in [2.05, 4.69) is 58.1 Å². The van der Waals surface area contributed by atoms with Gasteiger partial charge in [-0.2, -0.15) is 5.10 Å². The molecule has 1 N–H and O–H groups in total. The monoisotopic (exact) mass is 389 g/mol. The van der Waals surface area contributed by atoms with Crippen molar-refractivity contribution in [1.82, 2.24) is 9.78 Å². The van der Waals surface area contributed by atoms with Crippen LogP contribution in [0.5, 0.6) is 0 Å². The quantitative estimate of drug-likeness (QED) is 0.671. The number of para-hydroxylation sites is 1. The highest BCUT2D eigenvalue weighted by Gasteiger charge is 2.03. The second kappa shape index (κ2) is 6.30. The van der Waals surface area contributed by atoms with Gasteiger partial charge in [-0.1, -0.05) is 18.2 Å². The fraction of sp³-hybridized carbons (Fsp3) is 0.118. The van der Waals surface area contributed by atoms with E-state index in [0.29, 0.717) is 0 Å². The average molecular weight is 389 g/mol. The van der Waals surface area contributed by atoms with E-state index in [9.17, 15) is 0 Å². The van der Waals surface area contributed by atoms with Gasteiger partial charge < -0.3 is 5.32 Å². The fourth-order valence-corrected chi connectivity index (χ4v) is 2.84. The Kier molecular flexibility index (Phi) is 4.24.